The average molecular weight is 369 g/mol. The molecule has 0 spiro atoms. The summed E-state index contributed by atoms with van der Waals surface area (Å²) in [6.45, 7) is 6.52. The highest BCUT2D eigenvalue weighted by Gasteiger charge is 2.14. The molecular weight excluding hydrogens is 346 g/mol. The predicted octanol–water partition coefficient (Wildman–Crippen LogP) is 3.88. The van der Waals surface area contributed by atoms with Crippen LogP contribution < -0.4 is 5.32 Å². The lowest BCUT2D eigenvalue weighted by molar-refractivity contribution is -0.120. The van der Waals surface area contributed by atoms with Gasteiger partial charge in [0.2, 0.25) is 11.8 Å². The highest BCUT2D eigenvalue weighted by molar-refractivity contribution is 7.09. The van der Waals surface area contributed by atoms with Crippen molar-refractivity contribution < 1.29 is 9.21 Å². The van der Waals surface area contributed by atoms with E-state index in [1.165, 1.54) is 5.56 Å². The van der Waals surface area contributed by atoms with Gasteiger partial charge in [-0.1, -0.05) is 19.1 Å². The Hall–Kier alpha value is -2.47. The van der Waals surface area contributed by atoms with Crippen molar-refractivity contribution in [2.45, 2.75) is 40.0 Å². The summed E-state index contributed by atoms with van der Waals surface area (Å²) in [5.74, 6) is 1.19. The molecule has 5 nitrogen and oxygen atoms in total. The largest absolute Gasteiger partial charge is 0.441 e. The fourth-order valence-corrected chi connectivity index (χ4v) is 3.31. The van der Waals surface area contributed by atoms with Crippen LogP contribution in [0, 0.1) is 13.8 Å². The summed E-state index contributed by atoms with van der Waals surface area (Å²) in [6.07, 6.45) is 1.96. The van der Waals surface area contributed by atoms with Gasteiger partial charge < -0.3 is 9.73 Å². The molecule has 3 rings (SSSR count). The van der Waals surface area contributed by atoms with Crippen LogP contribution in [0.3, 0.4) is 0 Å². The number of nitrogens with zero attached hydrogens (tertiary/aromatic N) is 2. The number of aryl methyl sites for hydroxylation is 3. The fourth-order valence-electron chi connectivity index (χ4n) is 2.67. The van der Waals surface area contributed by atoms with Crippen molar-refractivity contribution in [1.29, 1.82) is 0 Å². The number of aromatic nitrogens is 2. The first kappa shape index (κ1) is 18.3. The van der Waals surface area contributed by atoms with Crippen LogP contribution in [-0.2, 0) is 24.1 Å². The Balaban J connectivity index is 1.57. The summed E-state index contributed by atoms with van der Waals surface area (Å²) in [4.78, 5) is 21.1. The van der Waals surface area contributed by atoms with Crippen LogP contribution in [0.4, 0.5) is 0 Å². The summed E-state index contributed by atoms with van der Waals surface area (Å²) in [5.41, 5.74) is 3.90. The molecule has 6 heteroatoms. The lowest BCUT2D eigenvalue weighted by Gasteiger charge is -2.02. The van der Waals surface area contributed by atoms with Crippen molar-refractivity contribution in [1.82, 2.24) is 15.3 Å². The molecule has 0 aliphatic carbocycles. The number of rotatable bonds is 7. The Morgan fingerprint density at radius 1 is 1.19 bits per heavy atom. The van der Waals surface area contributed by atoms with E-state index in [1.807, 2.05) is 31.4 Å². The first-order valence-corrected chi connectivity index (χ1v) is 9.66. The van der Waals surface area contributed by atoms with E-state index in [9.17, 15) is 4.79 Å². The van der Waals surface area contributed by atoms with E-state index in [1.54, 1.807) is 11.3 Å². The molecule has 0 aliphatic heterocycles. The highest BCUT2D eigenvalue weighted by atomic mass is 32.1. The van der Waals surface area contributed by atoms with Crippen molar-refractivity contribution in [3.8, 4) is 11.5 Å². The van der Waals surface area contributed by atoms with Gasteiger partial charge in [0.05, 0.1) is 22.8 Å². The first-order chi connectivity index (χ1) is 12.5. The number of benzene rings is 1. The maximum Gasteiger partial charge on any atom is 0.226 e. The van der Waals surface area contributed by atoms with Crippen LogP contribution >= 0.6 is 11.3 Å². The molecule has 0 aliphatic rings. The lowest BCUT2D eigenvalue weighted by Crippen LogP contribution is -2.27. The van der Waals surface area contributed by atoms with Gasteiger partial charge in [0.15, 0.2) is 0 Å². The molecule has 0 saturated heterocycles. The Labute approximate surface area is 157 Å². The Morgan fingerprint density at radius 3 is 2.62 bits per heavy atom. The molecule has 0 bridgehead atoms. The number of amides is 1. The van der Waals surface area contributed by atoms with Crippen LogP contribution in [0.15, 0.2) is 34.1 Å². The zero-order chi connectivity index (χ0) is 18.5. The summed E-state index contributed by atoms with van der Waals surface area (Å²) in [6, 6.07) is 8.15. The number of hydrogen-bond donors (Lipinski definition) is 1. The van der Waals surface area contributed by atoms with Gasteiger partial charge in [0.25, 0.3) is 0 Å². The lowest BCUT2D eigenvalue weighted by atomic mass is 10.1. The van der Waals surface area contributed by atoms with E-state index in [0.29, 0.717) is 23.9 Å². The van der Waals surface area contributed by atoms with E-state index in [-0.39, 0.29) is 12.3 Å². The third kappa shape index (κ3) is 4.58. The molecular formula is C20H23N3O2S. The maximum atomic E-state index is 12.2. The number of oxazole rings is 1. The minimum Gasteiger partial charge on any atom is -0.441 e. The van der Waals surface area contributed by atoms with Crippen LogP contribution in [0.2, 0.25) is 0 Å². The molecule has 0 radical (unpaired) electrons. The monoisotopic (exact) mass is 369 g/mol. The smallest absolute Gasteiger partial charge is 0.226 e. The van der Waals surface area contributed by atoms with Gasteiger partial charge in [0, 0.05) is 23.9 Å². The molecule has 0 fully saturated rings. The molecule has 0 atom stereocenters. The van der Waals surface area contributed by atoms with Crippen LogP contribution in [0.5, 0.6) is 0 Å². The zero-order valence-corrected chi connectivity index (χ0v) is 16.2. The van der Waals surface area contributed by atoms with Gasteiger partial charge in [-0.2, -0.15) is 0 Å². The number of carbonyl (C=O) groups is 1. The van der Waals surface area contributed by atoms with E-state index in [2.05, 4.69) is 34.3 Å². The SMILES string of the molecule is CCc1ccc(-c2nc(CC(=O)NCCc3csc(C)n3)c(C)o2)cc1. The van der Waals surface area contributed by atoms with Crippen molar-refractivity contribution >= 4 is 17.2 Å². The average Bonchev–Trinajstić information content (AvgIpc) is 3.21. The van der Waals surface area contributed by atoms with Crippen LogP contribution in [0.25, 0.3) is 11.5 Å². The van der Waals surface area contributed by atoms with Crippen molar-refractivity contribution in [2.24, 2.45) is 0 Å². The van der Waals surface area contributed by atoms with Crippen molar-refractivity contribution in [3.05, 3.63) is 57.4 Å². The molecule has 1 amide bonds. The number of hydrogen-bond acceptors (Lipinski definition) is 5. The number of thiazole rings is 1. The normalized spacial score (nSPS) is 10.9. The second kappa shape index (κ2) is 8.27. The third-order valence-corrected chi connectivity index (χ3v) is 5.02. The van der Waals surface area contributed by atoms with E-state index in [0.717, 1.165) is 29.1 Å². The van der Waals surface area contributed by atoms with Gasteiger partial charge >= 0.3 is 0 Å². The second-order valence-corrected chi connectivity index (χ2v) is 7.27. The van der Waals surface area contributed by atoms with Crippen LogP contribution in [-0.4, -0.2) is 22.4 Å². The molecule has 0 saturated carbocycles. The fraction of sp³-hybridized carbons (Fsp3) is 0.350. The standard InChI is InChI=1S/C20H23N3O2S/c1-4-15-5-7-16(8-6-15)20-23-18(13(2)25-20)11-19(24)21-10-9-17-12-26-14(3)22-17/h5-8,12H,4,9-11H2,1-3H3,(H,21,24). The van der Waals surface area contributed by atoms with Crippen LogP contribution in [0.1, 0.15) is 34.6 Å². The Kier molecular flexibility index (Phi) is 5.83. The van der Waals surface area contributed by atoms with Gasteiger partial charge in [-0.15, -0.1) is 11.3 Å². The molecule has 26 heavy (non-hydrogen) atoms. The highest BCUT2D eigenvalue weighted by Crippen LogP contribution is 2.22. The first-order valence-electron chi connectivity index (χ1n) is 8.78. The Morgan fingerprint density at radius 2 is 1.96 bits per heavy atom. The number of nitrogens with one attached hydrogen (secondary N) is 1. The number of carbonyl (C=O) groups excluding carboxylic acids is 1. The maximum absolute atomic E-state index is 12.2. The molecule has 136 valence electrons. The molecule has 0 unspecified atom stereocenters. The molecule has 2 aromatic heterocycles. The summed E-state index contributed by atoms with van der Waals surface area (Å²) < 4.78 is 5.75. The topological polar surface area (TPSA) is 68.0 Å². The zero-order valence-electron chi connectivity index (χ0n) is 15.3. The molecule has 1 N–H and O–H groups in total. The van der Waals surface area contributed by atoms with Gasteiger partial charge in [-0.25, -0.2) is 9.97 Å². The Bertz CT molecular complexity index is 881. The second-order valence-electron chi connectivity index (χ2n) is 6.21. The van der Waals surface area contributed by atoms with E-state index >= 15 is 0 Å². The quantitative estimate of drug-likeness (QED) is 0.686. The molecule has 2 heterocycles. The minimum atomic E-state index is -0.0544. The minimum absolute atomic E-state index is 0.0544. The van der Waals surface area contributed by atoms with E-state index < -0.39 is 0 Å². The predicted molar refractivity (Wildman–Crippen MR) is 103 cm³/mol. The summed E-state index contributed by atoms with van der Waals surface area (Å²) >= 11 is 1.62. The van der Waals surface area contributed by atoms with Gasteiger partial charge in [-0.05, 0) is 38.0 Å². The molecule has 1 aromatic carbocycles. The third-order valence-electron chi connectivity index (χ3n) is 4.20. The van der Waals surface area contributed by atoms with Crippen molar-refractivity contribution in [2.75, 3.05) is 6.54 Å². The van der Waals surface area contributed by atoms with Gasteiger partial charge in [-0.3, -0.25) is 4.79 Å². The van der Waals surface area contributed by atoms with E-state index in [4.69, 9.17) is 4.42 Å². The molecule has 3 aromatic rings. The van der Waals surface area contributed by atoms with Crippen molar-refractivity contribution in [3.63, 3.8) is 0 Å². The summed E-state index contributed by atoms with van der Waals surface area (Å²) in [5, 5.41) is 6.00. The van der Waals surface area contributed by atoms with Gasteiger partial charge in [0.1, 0.15) is 5.76 Å². The summed E-state index contributed by atoms with van der Waals surface area (Å²) in [7, 11) is 0.